The summed E-state index contributed by atoms with van der Waals surface area (Å²) in [4.78, 5) is 12.2. The molecule has 0 aliphatic carbocycles. The van der Waals surface area contributed by atoms with E-state index in [-0.39, 0.29) is 11.5 Å². The Morgan fingerprint density at radius 3 is 2.80 bits per heavy atom. The number of hydrogen-bond acceptors (Lipinski definition) is 6. The van der Waals surface area contributed by atoms with Crippen molar-refractivity contribution in [1.82, 2.24) is 20.0 Å². The number of nitrogens with one attached hydrogen (secondary N) is 1. The molecular formula is C13H19N5OS. The lowest BCUT2D eigenvalue weighted by Crippen LogP contribution is -2.23. The lowest BCUT2D eigenvalue weighted by Gasteiger charge is -2.07. The monoisotopic (exact) mass is 293 g/mol. The maximum atomic E-state index is 12.2. The average Bonchev–Trinajstić information content (AvgIpc) is 2.87. The molecule has 2 rings (SSSR count). The van der Waals surface area contributed by atoms with Crippen LogP contribution in [0.15, 0.2) is 10.9 Å². The van der Waals surface area contributed by atoms with Crippen molar-refractivity contribution in [3.8, 4) is 10.6 Å². The number of aromatic nitrogens is 4. The summed E-state index contributed by atoms with van der Waals surface area (Å²) in [5.41, 5.74) is 1.29. The van der Waals surface area contributed by atoms with E-state index in [1.807, 2.05) is 19.9 Å². The molecule has 0 unspecified atom stereocenters. The largest absolute Gasteiger partial charge is 0.360 e. The molecule has 7 heteroatoms. The molecule has 0 amide bonds. The highest BCUT2D eigenvalue weighted by Crippen LogP contribution is 2.25. The summed E-state index contributed by atoms with van der Waals surface area (Å²) < 4.78 is 1.37. The van der Waals surface area contributed by atoms with E-state index in [0.29, 0.717) is 10.6 Å². The zero-order valence-corrected chi connectivity index (χ0v) is 13.0. The van der Waals surface area contributed by atoms with Gasteiger partial charge in [0, 0.05) is 13.6 Å². The molecule has 0 saturated carbocycles. The Morgan fingerprint density at radius 1 is 1.40 bits per heavy atom. The molecule has 0 aromatic carbocycles. The van der Waals surface area contributed by atoms with Crippen LogP contribution in [0.25, 0.3) is 10.6 Å². The van der Waals surface area contributed by atoms with Crippen LogP contribution in [0.1, 0.15) is 38.8 Å². The van der Waals surface area contributed by atoms with Gasteiger partial charge in [-0.15, -0.1) is 10.2 Å². The summed E-state index contributed by atoms with van der Waals surface area (Å²) in [6.07, 6.45) is 1.02. The third-order valence-electron chi connectivity index (χ3n) is 2.86. The zero-order chi connectivity index (χ0) is 14.7. The second kappa shape index (κ2) is 6.13. The molecule has 0 fully saturated rings. The average molecular weight is 293 g/mol. The van der Waals surface area contributed by atoms with Crippen molar-refractivity contribution in [3.05, 3.63) is 22.1 Å². The van der Waals surface area contributed by atoms with Gasteiger partial charge in [-0.1, -0.05) is 32.1 Å². The summed E-state index contributed by atoms with van der Waals surface area (Å²) in [6.45, 7) is 7.03. The molecule has 1 N–H and O–H groups in total. The molecule has 0 aliphatic heterocycles. The molecule has 0 spiro atoms. The molecular weight excluding hydrogens is 274 g/mol. The molecule has 0 aliphatic rings. The second-order valence-corrected chi connectivity index (χ2v) is 5.88. The minimum Gasteiger partial charge on any atom is -0.360 e. The number of hydrogen-bond donors (Lipinski definition) is 1. The van der Waals surface area contributed by atoms with Gasteiger partial charge < -0.3 is 5.32 Å². The quantitative estimate of drug-likeness (QED) is 0.915. The van der Waals surface area contributed by atoms with E-state index >= 15 is 0 Å². The highest BCUT2D eigenvalue weighted by Gasteiger charge is 2.14. The first-order valence-electron chi connectivity index (χ1n) is 6.69. The van der Waals surface area contributed by atoms with Crippen molar-refractivity contribution in [2.75, 3.05) is 11.9 Å². The Morgan fingerprint density at radius 2 is 2.15 bits per heavy atom. The van der Waals surface area contributed by atoms with Crippen LogP contribution >= 0.6 is 11.3 Å². The molecule has 0 radical (unpaired) electrons. The normalized spacial score (nSPS) is 11.1. The Labute approximate surface area is 121 Å². The minimum absolute atomic E-state index is 0.146. The van der Waals surface area contributed by atoms with E-state index in [0.717, 1.165) is 23.8 Å². The highest BCUT2D eigenvalue weighted by atomic mass is 32.1. The number of rotatable bonds is 5. The van der Waals surface area contributed by atoms with Gasteiger partial charge in [0.05, 0.1) is 11.3 Å². The molecule has 0 bridgehead atoms. The predicted octanol–water partition coefficient (Wildman–Crippen LogP) is 2.24. The summed E-state index contributed by atoms with van der Waals surface area (Å²) in [7, 11) is 1.66. The molecule has 6 nitrogen and oxygen atoms in total. The van der Waals surface area contributed by atoms with Crippen LogP contribution in [0.3, 0.4) is 0 Å². The zero-order valence-electron chi connectivity index (χ0n) is 12.2. The van der Waals surface area contributed by atoms with Crippen LogP contribution in [0.4, 0.5) is 5.13 Å². The maximum absolute atomic E-state index is 12.2. The molecule has 20 heavy (non-hydrogen) atoms. The van der Waals surface area contributed by atoms with Crippen LogP contribution in [0.5, 0.6) is 0 Å². The Balaban J connectivity index is 2.41. The summed E-state index contributed by atoms with van der Waals surface area (Å²) in [6, 6.07) is 1.82. The van der Waals surface area contributed by atoms with Gasteiger partial charge in [0.25, 0.3) is 5.56 Å². The van der Waals surface area contributed by atoms with Crippen molar-refractivity contribution in [2.24, 2.45) is 7.05 Å². The smallest absolute Gasteiger partial charge is 0.276 e. The first kappa shape index (κ1) is 14.6. The summed E-state index contributed by atoms with van der Waals surface area (Å²) >= 11 is 1.39. The molecule has 0 saturated heterocycles. The second-order valence-electron chi connectivity index (χ2n) is 4.91. The Hall–Kier alpha value is -1.76. The van der Waals surface area contributed by atoms with Crippen molar-refractivity contribution in [1.29, 1.82) is 0 Å². The Kier molecular flexibility index (Phi) is 4.49. The van der Waals surface area contributed by atoms with Gasteiger partial charge in [-0.25, -0.2) is 4.68 Å². The minimum atomic E-state index is -0.146. The van der Waals surface area contributed by atoms with E-state index in [2.05, 4.69) is 27.5 Å². The van der Waals surface area contributed by atoms with Crippen molar-refractivity contribution < 1.29 is 0 Å². The van der Waals surface area contributed by atoms with Gasteiger partial charge in [-0.05, 0) is 18.4 Å². The molecule has 2 heterocycles. The van der Waals surface area contributed by atoms with E-state index in [1.54, 1.807) is 7.05 Å². The first-order chi connectivity index (χ1) is 9.52. The number of aryl methyl sites for hydroxylation is 1. The molecule has 2 aromatic rings. The summed E-state index contributed by atoms with van der Waals surface area (Å²) in [5.74, 6) is 0.256. The van der Waals surface area contributed by atoms with Gasteiger partial charge in [-0.3, -0.25) is 4.79 Å². The topological polar surface area (TPSA) is 72.7 Å². The first-order valence-corrected chi connectivity index (χ1v) is 7.50. The van der Waals surface area contributed by atoms with E-state index in [1.165, 1.54) is 16.0 Å². The predicted molar refractivity (Wildman–Crippen MR) is 81.3 cm³/mol. The fourth-order valence-electron chi connectivity index (χ4n) is 1.70. The fourth-order valence-corrected chi connectivity index (χ4v) is 2.48. The number of nitrogens with zero attached hydrogens (tertiary/aromatic N) is 4. The lowest BCUT2D eigenvalue weighted by atomic mass is 10.1. The van der Waals surface area contributed by atoms with E-state index < -0.39 is 0 Å². The van der Waals surface area contributed by atoms with Gasteiger partial charge in [0.1, 0.15) is 0 Å². The standard InChI is InChI=1S/C13H19N5OS/c1-5-6-14-13-16-15-11(20-13)9-7-10(8(2)3)17-18(4)12(9)19/h7-8H,5-6H2,1-4H3,(H,14,16). The van der Waals surface area contributed by atoms with Gasteiger partial charge >= 0.3 is 0 Å². The third-order valence-corrected chi connectivity index (χ3v) is 3.77. The van der Waals surface area contributed by atoms with E-state index in [4.69, 9.17) is 0 Å². The molecule has 2 aromatic heterocycles. The van der Waals surface area contributed by atoms with Crippen LogP contribution in [-0.2, 0) is 7.05 Å². The Bertz CT molecular complexity index is 646. The fraction of sp³-hybridized carbons (Fsp3) is 0.538. The summed E-state index contributed by atoms with van der Waals surface area (Å²) in [5, 5.41) is 17.0. The van der Waals surface area contributed by atoms with Gasteiger partial charge in [0.2, 0.25) is 5.13 Å². The highest BCUT2D eigenvalue weighted by molar-refractivity contribution is 7.18. The molecule has 0 atom stereocenters. The van der Waals surface area contributed by atoms with E-state index in [9.17, 15) is 4.79 Å². The molecule has 108 valence electrons. The van der Waals surface area contributed by atoms with Crippen molar-refractivity contribution in [3.63, 3.8) is 0 Å². The van der Waals surface area contributed by atoms with Crippen LogP contribution in [0, 0.1) is 0 Å². The van der Waals surface area contributed by atoms with Gasteiger partial charge in [-0.2, -0.15) is 5.10 Å². The SMILES string of the molecule is CCCNc1nnc(-c2cc(C(C)C)nn(C)c2=O)s1. The third kappa shape index (κ3) is 3.04. The lowest BCUT2D eigenvalue weighted by molar-refractivity contribution is 0.655. The number of anilines is 1. The van der Waals surface area contributed by atoms with Crippen molar-refractivity contribution >= 4 is 16.5 Å². The van der Waals surface area contributed by atoms with Crippen LogP contribution in [0.2, 0.25) is 0 Å². The van der Waals surface area contributed by atoms with Crippen LogP contribution in [-0.4, -0.2) is 26.5 Å². The van der Waals surface area contributed by atoms with Gasteiger partial charge in [0.15, 0.2) is 5.01 Å². The van der Waals surface area contributed by atoms with Crippen LogP contribution < -0.4 is 10.9 Å². The maximum Gasteiger partial charge on any atom is 0.276 e. The van der Waals surface area contributed by atoms with Crippen molar-refractivity contribution in [2.45, 2.75) is 33.1 Å².